The SMILES string of the molecule is O=C1Oc2ccc(O)cc2/C=C\[C@H]2Oc3cc(O)ccc3C[C@H]12. The lowest BCUT2D eigenvalue weighted by Crippen LogP contribution is -2.39. The van der Waals surface area contributed by atoms with Crippen LogP contribution in [0.2, 0.25) is 0 Å². The van der Waals surface area contributed by atoms with E-state index in [1.54, 1.807) is 36.4 Å². The van der Waals surface area contributed by atoms with Gasteiger partial charge in [0.05, 0.1) is 0 Å². The maximum atomic E-state index is 12.5. The third-order valence-corrected chi connectivity index (χ3v) is 4.12. The number of ether oxygens (including phenoxy) is 2. The summed E-state index contributed by atoms with van der Waals surface area (Å²) in [5.74, 6) is 0.381. The number of phenols is 2. The molecule has 4 rings (SSSR count). The van der Waals surface area contributed by atoms with Crippen molar-refractivity contribution in [1.29, 1.82) is 0 Å². The first-order valence-corrected chi connectivity index (χ1v) is 7.31. The van der Waals surface area contributed by atoms with Gasteiger partial charge in [0, 0.05) is 11.6 Å². The van der Waals surface area contributed by atoms with Crippen molar-refractivity contribution in [3.05, 3.63) is 53.6 Å². The van der Waals surface area contributed by atoms with Gasteiger partial charge in [-0.1, -0.05) is 12.1 Å². The van der Waals surface area contributed by atoms with Gasteiger partial charge in [-0.05, 0) is 42.3 Å². The Labute approximate surface area is 132 Å². The van der Waals surface area contributed by atoms with Crippen molar-refractivity contribution in [2.75, 3.05) is 0 Å². The van der Waals surface area contributed by atoms with E-state index in [1.165, 1.54) is 12.1 Å². The predicted molar refractivity (Wildman–Crippen MR) is 82.5 cm³/mol. The van der Waals surface area contributed by atoms with Crippen LogP contribution >= 0.6 is 0 Å². The number of esters is 1. The monoisotopic (exact) mass is 310 g/mol. The third kappa shape index (κ3) is 2.40. The first-order chi connectivity index (χ1) is 11.1. The zero-order chi connectivity index (χ0) is 16.0. The fourth-order valence-electron chi connectivity index (χ4n) is 2.94. The van der Waals surface area contributed by atoms with Crippen molar-refractivity contribution in [2.45, 2.75) is 12.5 Å². The minimum absolute atomic E-state index is 0.0985. The average molecular weight is 310 g/mol. The lowest BCUT2D eigenvalue weighted by Gasteiger charge is -2.31. The first kappa shape index (κ1) is 13.7. The molecule has 2 aromatic carbocycles. The molecule has 0 radical (unpaired) electrons. The smallest absolute Gasteiger partial charge is 0.318 e. The van der Waals surface area contributed by atoms with Crippen LogP contribution in [0.4, 0.5) is 0 Å². The first-order valence-electron chi connectivity index (χ1n) is 7.31. The number of hydrogen-bond donors (Lipinski definition) is 2. The highest BCUT2D eigenvalue weighted by atomic mass is 16.5. The molecule has 0 unspecified atom stereocenters. The van der Waals surface area contributed by atoms with E-state index in [-0.39, 0.29) is 17.5 Å². The highest BCUT2D eigenvalue weighted by molar-refractivity contribution is 5.80. The molecule has 116 valence electrons. The number of aromatic hydroxyl groups is 2. The molecule has 0 saturated heterocycles. The number of carbonyl (C=O) groups excluding carboxylic acids is 1. The van der Waals surface area contributed by atoms with Crippen LogP contribution in [0.15, 0.2) is 42.5 Å². The third-order valence-electron chi connectivity index (χ3n) is 4.12. The summed E-state index contributed by atoms with van der Waals surface area (Å²) >= 11 is 0. The predicted octanol–water partition coefficient (Wildman–Crippen LogP) is 2.65. The van der Waals surface area contributed by atoms with E-state index in [0.717, 1.165) is 5.56 Å². The summed E-state index contributed by atoms with van der Waals surface area (Å²) in [5, 5.41) is 19.2. The van der Waals surface area contributed by atoms with Crippen LogP contribution < -0.4 is 9.47 Å². The van der Waals surface area contributed by atoms with Crippen molar-refractivity contribution in [3.63, 3.8) is 0 Å². The Morgan fingerprint density at radius 1 is 1.00 bits per heavy atom. The minimum Gasteiger partial charge on any atom is -0.508 e. The van der Waals surface area contributed by atoms with Gasteiger partial charge in [0.1, 0.15) is 35.0 Å². The lowest BCUT2D eigenvalue weighted by atomic mass is 9.89. The number of benzene rings is 2. The van der Waals surface area contributed by atoms with Gasteiger partial charge < -0.3 is 19.7 Å². The fourth-order valence-corrected chi connectivity index (χ4v) is 2.94. The normalized spacial score (nSPS) is 23.2. The van der Waals surface area contributed by atoms with E-state index >= 15 is 0 Å². The van der Waals surface area contributed by atoms with Crippen LogP contribution in [-0.4, -0.2) is 22.3 Å². The Balaban J connectivity index is 1.75. The molecule has 2 aromatic rings. The Kier molecular flexibility index (Phi) is 3.01. The summed E-state index contributed by atoms with van der Waals surface area (Å²) in [7, 11) is 0. The minimum atomic E-state index is -0.479. The largest absolute Gasteiger partial charge is 0.508 e. The highest BCUT2D eigenvalue weighted by Gasteiger charge is 2.36. The number of fused-ring (bicyclic) bond motifs is 3. The van der Waals surface area contributed by atoms with Crippen molar-refractivity contribution in [1.82, 2.24) is 0 Å². The topological polar surface area (TPSA) is 76.0 Å². The van der Waals surface area contributed by atoms with Gasteiger partial charge >= 0.3 is 5.97 Å². The second kappa shape index (κ2) is 5.05. The summed E-state index contributed by atoms with van der Waals surface area (Å²) in [4.78, 5) is 12.5. The van der Waals surface area contributed by atoms with Crippen molar-refractivity contribution in [3.8, 4) is 23.0 Å². The second-order valence-electron chi connectivity index (χ2n) is 5.69. The van der Waals surface area contributed by atoms with E-state index in [9.17, 15) is 15.0 Å². The average Bonchev–Trinajstić information content (AvgIpc) is 2.52. The van der Waals surface area contributed by atoms with E-state index < -0.39 is 12.0 Å². The molecule has 2 aliphatic heterocycles. The Morgan fingerprint density at radius 3 is 2.65 bits per heavy atom. The van der Waals surface area contributed by atoms with Gasteiger partial charge in [0.25, 0.3) is 0 Å². The van der Waals surface area contributed by atoms with Crippen molar-refractivity contribution >= 4 is 12.0 Å². The van der Waals surface area contributed by atoms with Crippen molar-refractivity contribution < 1.29 is 24.5 Å². The number of rotatable bonds is 0. The molecule has 23 heavy (non-hydrogen) atoms. The van der Waals surface area contributed by atoms with Gasteiger partial charge in [-0.2, -0.15) is 0 Å². The van der Waals surface area contributed by atoms with Crippen molar-refractivity contribution in [2.24, 2.45) is 5.92 Å². The van der Waals surface area contributed by atoms with E-state index in [0.29, 0.717) is 23.5 Å². The molecular formula is C18H14O5. The molecule has 0 aromatic heterocycles. The second-order valence-corrected chi connectivity index (χ2v) is 5.69. The number of phenolic OH excluding ortho intramolecular Hbond substituents is 2. The molecule has 0 amide bonds. The van der Waals surface area contributed by atoms with Crippen LogP contribution in [0.1, 0.15) is 11.1 Å². The molecule has 0 bridgehead atoms. The summed E-state index contributed by atoms with van der Waals surface area (Å²) < 4.78 is 11.3. The van der Waals surface area contributed by atoms with Crippen LogP contribution in [-0.2, 0) is 11.2 Å². The van der Waals surface area contributed by atoms with Gasteiger partial charge in [-0.25, -0.2) is 0 Å². The quantitative estimate of drug-likeness (QED) is 0.578. The Hall–Kier alpha value is -2.95. The standard InChI is InChI=1S/C18H14O5/c19-12-4-6-15-10(7-12)2-5-16-14(18(21)23-15)8-11-1-3-13(20)9-17(11)22-16/h1-7,9,14,16,19-20H,8H2/b5-2-/t14-,16+/m0/s1. The molecule has 5 heteroatoms. The van der Waals surface area contributed by atoms with Crippen LogP contribution in [0.25, 0.3) is 6.08 Å². The number of hydrogen-bond acceptors (Lipinski definition) is 5. The lowest BCUT2D eigenvalue weighted by molar-refractivity contribution is -0.141. The molecule has 2 aliphatic rings. The highest BCUT2D eigenvalue weighted by Crippen LogP contribution is 2.37. The summed E-state index contributed by atoms with van der Waals surface area (Å²) in [6, 6.07) is 9.45. The zero-order valence-corrected chi connectivity index (χ0v) is 12.1. The molecule has 2 heterocycles. The fraction of sp³-hybridized carbons (Fsp3) is 0.167. The van der Waals surface area contributed by atoms with E-state index in [4.69, 9.17) is 9.47 Å². The van der Waals surface area contributed by atoms with Crippen LogP contribution in [0, 0.1) is 5.92 Å². The number of carbonyl (C=O) groups is 1. The Morgan fingerprint density at radius 2 is 1.78 bits per heavy atom. The molecule has 0 aliphatic carbocycles. The van der Waals surface area contributed by atoms with Gasteiger partial charge in [0.2, 0.25) is 0 Å². The summed E-state index contributed by atoms with van der Waals surface area (Å²) in [6.07, 6.45) is 3.56. The van der Waals surface area contributed by atoms with Gasteiger partial charge in [0.15, 0.2) is 0 Å². The summed E-state index contributed by atoms with van der Waals surface area (Å²) in [6.45, 7) is 0. The zero-order valence-electron chi connectivity index (χ0n) is 12.1. The molecule has 5 nitrogen and oxygen atoms in total. The van der Waals surface area contributed by atoms with E-state index in [1.807, 2.05) is 0 Å². The summed E-state index contributed by atoms with van der Waals surface area (Å²) in [5.41, 5.74) is 1.48. The van der Waals surface area contributed by atoms with E-state index in [2.05, 4.69) is 0 Å². The molecule has 0 fully saturated rings. The maximum absolute atomic E-state index is 12.5. The maximum Gasteiger partial charge on any atom is 0.318 e. The molecule has 0 saturated carbocycles. The Bertz CT molecular complexity index is 824. The molecule has 2 atom stereocenters. The van der Waals surface area contributed by atoms with Crippen LogP contribution in [0.5, 0.6) is 23.0 Å². The molecule has 2 N–H and O–H groups in total. The van der Waals surface area contributed by atoms with Gasteiger partial charge in [-0.15, -0.1) is 0 Å². The van der Waals surface area contributed by atoms with Crippen LogP contribution in [0.3, 0.4) is 0 Å². The van der Waals surface area contributed by atoms with Gasteiger partial charge in [-0.3, -0.25) is 4.79 Å². The molecule has 0 spiro atoms. The molecular weight excluding hydrogens is 296 g/mol.